The molecule has 0 atom stereocenters. The van der Waals surface area contributed by atoms with Crippen LogP contribution in [0.15, 0.2) is 66.7 Å². The second kappa shape index (κ2) is 7.25. The van der Waals surface area contributed by atoms with E-state index in [4.69, 9.17) is 26.3 Å². The van der Waals surface area contributed by atoms with Gasteiger partial charge in [0.05, 0.1) is 17.6 Å². The first kappa shape index (κ1) is 17.3. The highest BCUT2D eigenvalue weighted by atomic mass is 35.5. The summed E-state index contributed by atoms with van der Waals surface area (Å²) in [7, 11) is 1.60. The molecule has 1 aromatic heterocycles. The van der Waals surface area contributed by atoms with Crippen molar-refractivity contribution in [1.82, 2.24) is 9.97 Å². The third kappa shape index (κ3) is 3.57. The first-order chi connectivity index (χ1) is 13.1. The number of para-hydroxylation sites is 1. The van der Waals surface area contributed by atoms with Gasteiger partial charge in [-0.2, -0.15) is 0 Å². The van der Waals surface area contributed by atoms with Crippen LogP contribution in [0.2, 0.25) is 5.02 Å². The molecule has 5 heteroatoms. The van der Waals surface area contributed by atoms with Crippen molar-refractivity contribution in [1.29, 1.82) is 0 Å². The third-order valence-corrected chi connectivity index (χ3v) is 4.62. The molecule has 0 aliphatic carbocycles. The summed E-state index contributed by atoms with van der Waals surface area (Å²) in [6, 6.07) is 21.7. The Labute approximate surface area is 162 Å². The van der Waals surface area contributed by atoms with Crippen molar-refractivity contribution in [2.45, 2.75) is 6.92 Å². The van der Waals surface area contributed by atoms with Crippen LogP contribution in [0.4, 0.5) is 11.5 Å². The predicted molar refractivity (Wildman–Crippen MR) is 111 cm³/mol. The number of aromatic nitrogens is 2. The quantitative estimate of drug-likeness (QED) is 0.474. The van der Waals surface area contributed by atoms with Gasteiger partial charge in [0.2, 0.25) is 0 Å². The number of methoxy groups -OCH3 is 1. The maximum atomic E-state index is 6.26. The molecular formula is C22H18ClN3O. The van der Waals surface area contributed by atoms with Gasteiger partial charge in [0.1, 0.15) is 11.6 Å². The molecule has 1 heterocycles. The predicted octanol–water partition coefficient (Wildman–Crippen LogP) is 6.01. The highest BCUT2D eigenvalue weighted by Gasteiger charge is 2.10. The van der Waals surface area contributed by atoms with Gasteiger partial charge >= 0.3 is 0 Å². The van der Waals surface area contributed by atoms with E-state index in [0.717, 1.165) is 28.0 Å². The molecule has 27 heavy (non-hydrogen) atoms. The van der Waals surface area contributed by atoms with Gasteiger partial charge in [0, 0.05) is 16.6 Å². The van der Waals surface area contributed by atoms with E-state index in [1.807, 2.05) is 54.6 Å². The van der Waals surface area contributed by atoms with Crippen LogP contribution in [0.25, 0.3) is 22.3 Å². The highest BCUT2D eigenvalue weighted by molar-refractivity contribution is 6.32. The summed E-state index contributed by atoms with van der Waals surface area (Å²) in [4.78, 5) is 9.50. The number of rotatable bonds is 4. The number of halogens is 1. The Morgan fingerprint density at radius 1 is 0.926 bits per heavy atom. The van der Waals surface area contributed by atoms with Crippen LogP contribution in [0, 0.1) is 6.92 Å². The zero-order valence-corrected chi connectivity index (χ0v) is 15.8. The Bertz CT molecular complexity index is 1110. The molecule has 0 radical (unpaired) electrons. The molecule has 3 aromatic carbocycles. The summed E-state index contributed by atoms with van der Waals surface area (Å²) < 4.78 is 5.22. The second-order valence-corrected chi connectivity index (χ2v) is 6.66. The fraction of sp³-hybridized carbons (Fsp3) is 0.0909. The van der Waals surface area contributed by atoms with Crippen molar-refractivity contribution >= 4 is 34.0 Å². The van der Waals surface area contributed by atoms with Crippen LogP contribution >= 0.6 is 11.6 Å². The van der Waals surface area contributed by atoms with Gasteiger partial charge in [-0.25, -0.2) is 9.97 Å². The monoisotopic (exact) mass is 375 g/mol. The number of hydrogen-bond donors (Lipinski definition) is 1. The Kier molecular flexibility index (Phi) is 4.65. The third-order valence-electron chi connectivity index (χ3n) is 4.33. The normalized spacial score (nSPS) is 10.8. The summed E-state index contributed by atoms with van der Waals surface area (Å²) in [6.07, 6.45) is 0. The standard InChI is InChI=1S/C22H18ClN3O/c1-14-7-9-15(10-8-14)21-25-19-6-4-3-5-17(19)22(26-21)24-16-11-12-20(27-2)18(23)13-16/h3-13H,1-2H3,(H,24,25,26). The zero-order chi connectivity index (χ0) is 18.8. The van der Waals surface area contributed by atoms with Crippen molar-refractivity contribution in [2.75, 3.05) is 12.4 Å². The van der Waals surface area contributed by atoms with Crippen molar-refractivity contribution in [2.24, 2.45) is 0 Å². The molecule has 0 aliphatic heterocycles. The molecule has 0 aliphatic rings. The molecule has 0 saturated carbocycles. The van der Waals surface area contributed by atoms with Gasteiger partial charge in [0.15, 0.2) is 5.82 Å². The lowest BCUT2D eigenvalue weighted by Crippen LogP contribution is -1.99. The van der Waals surface area contributed by atoms with Crippen LogP contribution in [-0.2, 0) is 0 Å². The topological polar surface area (TPSA) is 47.0 Å². The average Bonchev–Trinajstić information content (AvgIpc) is 2.68. The van der Waals surface area contributed by atoms with E-state index < -0.39 is 0 Å². The number of fused-ring (bicyclic) bond motifs is 1. The number of aryl methyl sites for hydroxylation is 1. The SMILES string of the molecule is COc1ccc(Nc2nc(-c3ccc(C)cc3)nc3ccccc23)cc1Cl. The minimum absolute atomic E-state index is 0.541. The Hall–Kier alpha value is -3.11. The highest BCUT2D eigenvalue weighted by Crippen LogP contribution is 2.31. The summed E-state index contributed by atoms with van der Waals surface area (Å²) >= 11 is 6.26. The average molecular weight is 376 g/mol. The molecular weight excluding hydrogens is 358 g/mol. The number of ether oxygens (including phenoxy) is 1. The Morgan fingerprint density at radius 2 is 1.70 bits per heavy atom. The smallest absolute Gasteiger partial charge is 0.162 e. The number of nitrogens with zero attached hydrogens (tertiary/aromatic N) is 2. The number of benzene rings is 3. The van der Waals surface area contributed by atoms with E-state index in [1.54, 1.807) is 7.11 Å². The molecule has 4 rings (SSSR count). The van der Waals surface area contributed by atoms with Crippen molar-refractivity contribution in [3.05, 3.63) is 77.3 Å². The number of nitrogens with one attached hydrogen (secondary N) is 1. The lowest BCUT2D eigenvalue weighted by Gasteiger charge is -2.12. The second-order valence-electron chi connectivity index (χ2n) is 6.25. The van der Waals surface area contributed by atoms with Crippen LogP contribution < -0.4 is 10.1 Å². The largest absolute Gasteiger partial charge is 0.495 e. The number of anilines is 2. The Morgan fingerprint density at radius 3 is 2.44 bits per heavy atom. The van der Waals surface area contributed by atoms with Gasteiger partial charge in [-0.05, 0) is 37.3 Å². The van der Waals surface area contributed by atoms with E-state index >= 15 is 0 Å². The summed E-state index contributed by atoms with van der Waals surface area (Å²) in [5.41, 5.74) is 3.89. The van der Waals surface area contributed by atoms with E-state index in [2.05, 4.69) is 24.4 Å². The van der Waals surface area contributed by atoms with Gasteiger partial charge in [-0.1, -0.05) is 53.6 Å². The first-order valence-electron chi connectivity index (χ1n) is 8.58. The number of hydrogen-bond acceptors (Lipinski definition) is 4. The molecule has 0 fully saturated rings. The molecule has 0 amide bonds. The lowest BCUT2D eigenvalue weighted by molar-refractivity contribution is 0.415. The van der Waals surface area contributed by atoms with Crippen molar-refractivity contribution < 1.29 is 4.74 Å². The fourth-order valence-corrected chi connectivity index (χ4v) is 3.14. The van der Waals surface area contributed by atoms with Crippen LogP contribution in [-0.4, -0.2) is 17.1 Å². The van der Waals surface area contributed by atoms with Gasteiger partial charge in [0.25, 0.3) is 0 Å². The molecule has 134 valence electrons. The fourth-order valence-electron chi connectivity index (χ4n) is 2.88. The molecule has 0 bridgehead atoms. The summed E-state index contributed by atoms with van der Waals surface area (Å²) in [5.74, 6) is 2.04. The van der Waals surface area contributed by atoms with E-state index in [0.29, 0.717) is 16.6 Å². The van der Waals surface area contributed by atoms with E-state index in [-0.39, 0.29) is 0 Å². The van der Waals surface area contributed by atoms with Gasteiger partial charge in [-0.15, -0.1) is 0 Å². The van der Waals surface area contributed by atoms with Crippen molar-refractivity contribution in [3.8, 4) is 17.1 Å². The lowest BCUT2D eigenvalue weighted by atomic mass is 10.1. The molecule has 0 unspecified atom stereocenters. The van der Waals surface area contributed by atoms with Crippen molar-refractivity contribution in [3.63, 3.8) is 0 Å². The minimum atomic E-state index is 0.541. The maximum absolute atomic E-state index is 6.26. The van der Waals surface area contributed by atoms with Crippen LogP contribution in [0.1, 0.15) is 5.56 Å². The first-order valence-corrected chi connectivity index (χ1v) is 8.96. The molecule has 0 saturated heterocycles. The molecule has 4 nitrogen and oxygen atoms in total. The molecule has 1 N–H and O–H groups in total. The molecule has 0 spiro atoms. The van der Waals surface area contributed by atoms with Gasteiger partial charge < -0.3 is 10.1 Å². The van der Waals surface area contributed by atoms with E-state index in [1.165, 1.54) is 5.56 Å². The minimum Gasteiger partial charge on any atom is -0.495 e. The van der Waals surface area contributed by atoms with Gasteiger partial charge in [-0.3, -0.25) is 0 Å². The molecule has 4 aromatic rings. The Balaban J connectivity index is 1.81. The summed E-state index contributed by atoms with van der Waals surface area (Å²) in [6.45, 7) is 2.06. The van der Waals surface area contributed by atoms with Crippen LogP contribution in [0.5, 0.6) is 5.75 Å². The van der Waals surface area contributed by atoms with E-state index in [9.17, 15) is 0 Å². The maximum Gasteiger partial charge on any atom is 0.162 e. The zero-order valence-electron chi connectivity index (χ0n) is 15.0. The van der Waals surface area contributed by atoms with Crippen LogP contribution in [0.3, 0.4) is 0 Å². The summed E-state index contributed by atoms with van der Waals surface area (Å²) in [5, 5.41) is 4.86.